The molecular formula is C50H56N6O7. The number of ether oxygens (including phenoxy) is 1. The molecule has 0 aliphatic carbocycles. The highest BCUT2D eigenvalue weighted by Crippen LogP contribution is 2.30. The number of hydrogen-bond donors (Lipinski definition) is 7. The summed E-state index contributed by atoms with van der Waals surface area (Å²) in [6.07, 6.45) is -0.0301. The van der Waals surface area contributed by atoms with Crippen LogP contribution in [0.1, 0.15) is 60.8 Å². The van der Waals surface area contributed by atoms with Gasteiger partial charge >= 0.3 is 6.09 Å². The van der Waals surface area contributed by atoms with Crippen molar-refractivity contribution in [2.45, 2.75) is 63.6 Å². The third kappa shape index (κ3) is 12.0. The van der Waals surface area contributed by atoms with E-state index in [1.165, 1.54) is 12.1 Å². The lowest BCUT2D eigenvalue weighted by molar-refractivity contribution is -0.118. The smallest absolute Gasteiger partial charge is 0.411 e. The number of aromatic amines is 1. The maximum Gasteiger partial charge on any atom is 0.411 e. The van der Waals surface area contributed by atoms with Gasteiger partial charge in [-0.15, -0.1) is 0 Å². The minimum absolute atomic E-state index is 0.0326. The number of likely N-dealkylation sites (tertiary alicyclic amines) is 1. The van der Waals surface area contributed by atoms with Crippen molar-refractivity contribution in [3.05, 3.63) is 160 Å². The number of carbonyl (C=O) groups is 2. The molecule has 7 N–H and O–H groups in total. The molecule has 1 saturated heterocycles. The minimum atomic E-state index is -0.945. The number of phenolic OH excluding ortho intramolecular Hbond substituents is 1. The van der Waals surface area contributed by atoms with Crippen molar-refractivity contribution >= 4 is 34.3 Å². The fraction of sp³-hybridized carbons (Fsp3) is 0.300. The topological polar surface area (TPSA) is 179 Å². The number of H-pyrrole nitrogens is 1. The molecule has 1 aliphatic heterocycles. The zero-order chi connectivity index (χ0) is 44.3. The van der Waals surface area contributed by atoms with Gasteiger partial charge in [-0.3, -0.25) is 20.2 Å². The summed E-state index contributed by atoms with van der Waals surface area (Å²) in [6, 6.07) is 39.2. The van der Waals surface area contributed by atoms with Crippen LogP contribution in [0, 0.1) is 0 Å². The first-order valence-electron chi connectivity index (χ1n) is 21.5. The van der Waals surface area contributed by atoms with Gasteiger partial charge in [0.25, 0.3) is 0 Å². The number of aliphatic hydroxyl groups is 2. The fourth-order valence-corrected chi connectivity index (χ4v) is 8.00. The van der Waals surface area contributed by atoms with Crippen molar-refractivity contribution in [3.63, 3.8) is 0 Å². The number of amides is 2. The summed E-state index contributed by atoms with van der Waals surface area (Å²) in [5, 5.41) is 42.2. The number of fused-ring (bicyclic) bond motifs is 1. The SMILES string of the molecule is C[C@@H](Cc1ccc(CNC(O)c2cccc(N(C)C(=O)CCN3CCC(OC(=O)Nc4ccccc4-c4ccccc4)CC3)c2)cc1)NC[C@H](O)c1ccc(O)c2[nH]c(=O)ccc12. The summed E-state index contributed by atoms with van der Waals surface area (Å²) in [5.74, 6) is -0.0793. The van der Waals surface area contributed by atoms with Crippen molar-refractivity contribution in [1.82, 2.24) is 20.5 Å². The number of aliphatic hydroxyl groups excluding tert-OH is 2. The number of phenols is 1. The summed E-state index contributed by atoms with van der Waals surface area (Å²) >= 11 is 0. The van der Waals surface area contributed by atoms with Gasteiger partial charge in [0.15, 0.2) is 0 Å². The molecule has 0 radical (unpaired) electrons. The standard InChI is InChI=1S/C50H56N6O7/c1-33(51-32-45(58)41-19-21-44(57)48-42(41)20-22-46(59)54-48)29-34-15-17-35(18-16-34)31-52-49(61)37-11-8-12-38(30-37)55(2)47(60)25-28-56-26-23-39(24-27-56)63-50(62)53-43-14-7-6-13-40(43)36-9-4-3-5-10-36/h3-22,30,33,39,45,49,51-52,57-58,61H,23-29,31-32H2,1-2H3,(H,53,62)(H,54,59)/t33-,45-,49?/m0/s1. The molecule has 6 aromatic rings. The van der Waals surface area contributed by atoms with Crippen molar-refractivity contribution in [2.75, 3.05) is 43.4 Å². The average molecular weight is 853 g/mol. The number of aromatic nitrogens is 1. The first-order chi connectivity index (χ1) is 30.5. The normalized spacial score (nSPS) is 14.8. The van der Waals surface area contributed by atoms with Crippen LogP contribution in [0.2, 0.25) is 0 Å². The van der Waals surface area contributed by atoms with Gasteiger partial charge in [-0.1, -0.05) is 91.0 Å². The zero-order valence-electron chi connectivity index (χ0n) is 35.7. The van der Waals surface area contributed by atoms with Crippen LogP contribution in [0.3, 0.4) is 0 Å². The average Bonchev–Trinajstić information content (AvgIpc) is 3.30. The van der Waals surface area contributed by atoms with E-state index in [0.717, 1.165) is 41.8 Å². The van der Waals surface area contributed by atoms with Gasteiger partial charge in [-0.05, 0) is 84.3 Å². The van der Waals surface area contributed by atoms with E-state index in [0.29, 0.717) is 65.8 Å². The molecule has 3 atom stereocenters. The van der Waals surface area contributed by atoms with Gasteiger partial charge in [-0.2, -0.15) is 0 Å². The summed E-state index contributed by atoms with van der Waals surface area (Å²) in [5.41, 5.74) is 6.68. The Kier molecular flexibility index (Phi) is 15.0. The van der Waals surface area contributed by atoms with Gasteiger partial charge in [-0.25, -0.2) is 4.79 Å². The van der Waals surface area contributed by atoms with E-state index in [9.17, 15) is 29.7 Å². The van der Waals surface area contributed by atoms with E-state index in [1.54, 1.807) is 24.1 Å². The predicted octanol–water partition coefficient (Wildman–Crippen LogP) is 7.00. The molecule has 328 valence electrons. The van der Waals surface area contributed by atoms with Crippen molar-refractivity contribution in [1.29, 1.82) is 0 Å². The van der Waals surface area contributed by atoms with Crippen LogP contribution in [-0.2, 0) is 22.5 Å². The number of pyridine rings is 1. The Bertz CT molecular complexity index is 2520. The van der Waals surface area contributed by atoms with E-state index >= 15 is 0 Å². The second kappa shape index (κ2) is 21.1. The molecule has 0 bridgehead atoms. The number of benzene rings is 5. The Labute approximate surface area is 367 Å². The number of rotatable bonds is 17. The molecule has 1 fully saturated rings. The number of piperidine rings is 1. The van der Waals surface area contributed by atoms with Gasteiger partial charge in [0.05, 0.1) is 17.3 Å². The lowest BCUT2D eigenvalue weighted by Crippen LogP contribution is -2.40. The van der Waals surface area contributed by atoms with Gasteiger partial charge < -0.3 is 40.2 Å². The number of nitrogens with one attached hydrogen (secondary N) is 4. The molecule has 7 rings (SSSR count). The third-order valence-electron chi connectivity index (χ3n) is 11.6. The molecule has 13 nitrogen and oxygen atoms in total. The molecule has 5 aromatic carbocycles. The summed E-state index contributed by atoms with van der Waals surface area (Å²) in [7, 11) is 1.75. The Balaban J connectivity index is 0.809. The Morgan fingerprint density at radius 3 is 2.37 bits per heavy atom. The fourth-order valence-electron chi connectivity index (χ4n) is 8.00. The quantitative estimate of drug-likeness (QED) is 0.0473. The van der Waals surface area contributed by atoms with Crippen molar-refractivity contribution < 1.29 is 29.6 Å². The highest BCUT2D eigenvalue weighted by molar-refractivity contribution is 5.93. The van der Waals surface area contributed by atoms with Crippen LogP contribution in [0.4, 0.5) is 16.2 Å². The van der Waals surface area contributed by atoms with Crippen LogP contribution < -0.4 is 26.4 Å². The van der Waals surface area contributed by atoms with Crippen molar-refractivity contribution in [3.8, 4) is 16.9 Å². The van der Waals surface area contributed by atoms with Crippen LogP contribution in [0.25, 0.3) is 22.0 Å². The van der Waals surface area contributed by atoms with Crippen LogP contribution in [0.15, 0.2) is 132 Å². The molecule has 2 amide bonds. The van der Waals surface area contributed by atoms with Gasteiger partial charge in [0.1, 0.15) is 18.1 Å². The molecule has 2 heterocycles. The molecule has 1 aromatic heterocycles. The summed E-state index contributed by atoms with van der Waals surface area (Å²) in [4.78, 5) is 44.4. The highest BCUT2D eigenvalue weighted by Gasteiger charge is 2.24. The number of nitrogens with zero attached hydrogens (tertiary/aromatic N) is 2. The summed E-state index contributed by atoms with van der Waals surface area (Å²) in [6.45, 7) is 4.80. The predicted molar refractivity (Wildman–Crippen MR) is 247 cm³/mol. The van der Waals surface area contributed by atoms with Gasteiger partial charge in [0, 0.05) is 74.9 Å². The van der Waals surface area contributed by atoms with E-state index in [1.807, 2.05) is 110 Å². The number of anilines is 2. The highest BCUT2D eigenvalue weighted by atomic mass is 16.6. The second-order valence-electron chi connectivity index (χ2n) is 16.2. The Morgan fingerprint density at radius 1 is 0.857 bits per heavy atom. The number of para-hydroxylation sites is 1. The lowest BCUT2D eigenvalue weighted by Gasteiger charge is -2.31. The second-order valence-corrected chi connectivity index (χ2v) is 16.2. The Morgan fingerprint density at radius 2 is 1.59 bits per heavy atom. The largest absolute Gasteiger partial charge is 0.506 e. The zero-order valence-corrected chi connectivity index (χ0v) is 35.7. The van der Waals surface area contributed by atoms with Crippen LogP contribution >= 0.6 is 0 Å². The lowest BCUT2D eigenvalue weighted by atomic mass is 10.0. The first kappa shape index (κ1) is 44.7. The third-order valence-corrected chi connectivity index (χ3v) is 11.6. The molecule has 1 aliphatic rings. The van der Waals surface area contributed by atoms with Crippen LogP contribution in [0.5, 0.6) is 5.75 Å². The van der Waals surface area contributed by atoms with Gasteiger partial charge in [0.2, 0.25) is 11.5 Å². The molecule has 13 heteroatoms. The van der Waals surface area contributed by atoms with Crippen molar-refractivity contribution in [2.24, 2.45) is 0 Å². The van der Waals surface area contributed by atoms with E-state index in [2.05, 4.69) is 25.8 Å². The Hall–Kier alpha value is -6.35. The maximum absolute atomic E-state index is 13.3. The molecule has 1 unspecified atom stereocenters. The maximum atomic E-state index is 13.3. The van der Waals surface area contributed by atoms with Crippen LogP contribution in [-0.4, -0.2) is 82.6 Å². The van der Waals surface area contributed by atoms with E-state index in [4.69, 9.17) is 4.74 Å². The minimum Gasteiger partial charge on any atom is -0.506 e. The first-order valence-corrected chi connectivity index (χ1v) is 21.5. The van der Waals surface area contributed by atoms with E-state index < -0.39 is 18.4 Å². The monoisotopic (exact) mass is 852 g/mol. The number of aromatic hydroxyl groups is 1. The molecule has 0 spiro atoms. The molecular weight excluding hydrogens is 797 g/mol. The number of hydrogen-bond acceptors (Lipinski definition) is 10. The number of carbonyl (C=O) groups excluding carboxylic acids is 2. The van der Waals surface area contributed by atoms with E-state index in [-0.39, 0.29) is 35.9 Å². The molecule has 63 heavy (non-hydrogen) atoms. The molecule has 0 saturated carbocycles. The summed E-state index contributed by atoms with van der Waals surface area (Å²) < 4.78 is 5.79.